The molecular formula is C13H17ClN2O6S. The van der Waals surface area contributed by atoms with Crippen LogP contribution in [0.25, 0.3) is 0 Å². The number of rotatable bonds is 7. The van der Waals surface area contributed by atoms with Crippen LogP contribution in [0.3, 0.4) is 0 Å². The molecule has 0 aliphatic carbocycles. The summed E-state index contributed by atoms with van der Waals surface area (Å²) < 4.78 is 32.2. The molecule has 1 aromatic carbocycles. The van der Waals surface area contributed by atoms with Gasteiger partial charge in [0.2, 0.25) is 10.0 Å². The van der Waals surface area contributed by atoms with Crippen LogP contribution < -0.4 is 10.5 Å². The first-order valence-electron chi connectivity index (χ1n) is 6.43. The summed E-state index contributed by atoms with van der Waals surface area (Å²) in [5, 5.41) is 7.51. The van der Waals surface area contributed by atoms with Crippen LogP contribution in [0, 0.1) is 0 Å². The minimum Gasteiger partial charge on any atom is -0.452 e. The molecule has 1 amide bonds. The smallest absolute Gasteiger partial charge is 0.340 e. The van der Waals surface area contributed by atoms with Crippen molar-refractivity contribution in [3.05, 3.63) is 28.8 Å². The highest BCUT2D eigenvalue weighted by atomic mass is 35.5. The molecule has 0 spiro atoms. The Morgan fingerprint density at radius 1 is 1.39 bits per heavy atom. The van der Waals surface area contributed by atoms with E-state index in [4.69, 9.17) is 26.2 Å². The summed E-state index contributed by atoms with van der Waals surface area (Å²) in [6, 6.07) is 3.11. The van der Waals surface area contributed by atoms with E-state index in [0.29, 0.717) is 6.61 Å². The van der Waals surface area contributed by atoms with Crippen molar-refractivity contribution in [1.29, 1.82) is 0 Å². The first-order valence-corrected chi connectivity index (χ1v) is 8.35. The van der Waals surface area contributed by atoms with Crippen LogP contribution in [-0.2, 0) is 24.3 Å². The first kappa shape index (κ1) is 19.4. The zero-order chi connectivity index (χ0) is 17.6. The number of hydrogen-bond acceptors (Lipinski definition) is 6. The fourth-order valence-corrected chi connectivity index (χ4v) is 2.39. The van der Waals surface area contributed by atoms with Crippen molar-refractivity contribution < 1.29 is 27.5 Å². The normalized spacial score (nSPS) is 12.5. The van der Waals surface area contributed by atoms with Gasteiger partial charge in [0.15, 0.2) is 6.61 Å². The number of carbonyl (C=O) groups is 2. The average Bonchev–Trinajstić information content (AvgIpc) is 2.44. The van der Waals surface area contributed by atoms with Gasteiger partial charge in [-0.3, -0.25) is 4.79 Å². The fraction of sp³-hybridized carbons (Fsp3) is 0.385. The van der Waals surface area contributed by atoms with E-state index in [9.17, 15) is 18.0 Å². The van der Waals surface area contributed by atoms with Gasteiger partial charge in [-0.25, -0.2) is 18.4 Å². The standard InChI is InChI=1S/C13H17ClN2O6S/c1-8(6-21-2)16-12(17)7-22-13(18)10-5-9(23(15,19)20)3-4-11(10)14/h3-5,8H,6-7H2,1-2H3,(H,16,17)(H2,15,19,20). The summed E-state index contributed by atoms with van der Waals surface area (Å²) >= 11 is 5.83. The van der Waals surface area contributed by atoms with Crippen LogP contribution in [0.2, 0.25) is 5.02 Å². The molecule has 10 heteroatoms. The van der Waals surface area contributed by atoms with E-state index in [1.54, 1.807) is 6.92 Å². The molecule has 1 unspecified atom stereocenters. The molecule has 0 aliphatic rings. The van der Waals surface area contributed by atoms with Crippen LogP contribution in [0.15, 0.2) is 23.1 Å². The number of sulfonamides is 1. The van der Waals surface area contributed by atoms with E-state index in [2.05, 4.69) is 5.32 Å². The number of halogens is 1. The molecule has 1 atom stereocenters. The van der Waals surface area contributed by atoms with Gasteiger partial charge in [-0.05, 0) is 25.1 Å². The molecule has 0 bridgehead atoms. The van der Waals surface area contributed by atoms with Crippen molar-refractivity contribution in [3.8, 4) is 0 Å². The second-order valence-corrected chi connectivity index (χ2v) is 6.66. The Kier molecular flexibility index (Phi) is 6.95. The lowest BCUT2D eigenvalue weighted by Crippen LogP contribution is -2.38. The summed E-state index contributed by atoms with van der Waals surface area (Å²) in [6.07, 6.45) is 0. The minimum atomic E-state index is -3.99. The maximum atomic E-state index is 11.9. The lowest BCUT2D eigenvalue weighted by Gasteiger charge is -2.13. The van der Waals surface area contributed by atoms with Crippen molar-refractivity contribution in [3.63, 3.8) is 0 Å². The van der Waals surface area contributed by atoms with E-state index >= 15 is 0 Å². The van der Waals surface area contributed by atoms with E-state index < -0.39 is 28.5 Å². The number of benzene rings is 1. The number of amides is 1. The molecule has 0 heterocycles. The van der Waals surface area contributed by atoms with E-state index in [0.717, 1.165) is 12.1 Å². The molecule has 3 N–H and O–H groups in total. The highest BCUT2D eigenvalue weighted by molar-refractivity contribution is 7.89. The summed E-state index contributed by atoms with van der Waals surface area (Å²) in [5.74, 6) is -1.46. The second-order valence-electron chi connectivity index (χ2n) is 4.69. The number of primary sulfonamides is 1. The molecule has 128 valence electrons. The Morgan fingerprint density at radius 2 is 2.04 bits per heavy atom. The van der Waals surface area contributed by atoms with Crippen LogP contribution in [0.1, 0.15) is 17.3 Å². The number of ether oxygens (including phenoxy) is 2. The van der Waals surface area contributed by atoms with Crippen molar-refractivity contribution in [1.82, 2.24) is 5.32 Å². The maximum Gasteiger partial charge on any atom is 0.340 e. The molecule has 23 heavy (non-hydrogen) atoms. The Morgan fingerprint density at radius 3 is 2.61 bits per heavy atom. The van der Waals surface area contributed by atoms with Gasteiger partial charge in [-0.2, -0.15) is 0 Å². The summed E-state index contributed by atoms with van der Waals surface area (Å²) in [5.41, 5.74) is -0.198. The molecule has 8 nitrogen and oxygen atoms in total. The predicted molar refractivity (Wildman–Crippen MR) is 82.6 cm³/mol. The average molecular weight is 365 g/mol. The zero-order valence-electron chi connectivity index (χ0n) is 12.5. The summed E-state index contributed by atoms with van der Waals surface area (Å²) in [4.78, 5) is 23.2. The van der Waals surface area contributed by atoms with Gasteiger partial charge in [-0.1, -0.05) is 11.6 Å². The molecule has 0 fully saturated rings. The third kappa shape index (κ3) is 6.14. The topological polar surface area (TPSA) is 125 Å². The molecule has 0 saturated carbocycles. The van der Waals surface area contributed by atoms with Gasteiger partial charge in [0.1, 0.15) is 0 Å². The number of hydrogen-bond donors (Lipinski definition) is 2. The highest BCUT2D eigenvalue weighted by Crippen LogP contribution is 2.20. The van der Waals surface area contributed by atoms with E-state index in [1.807, 2.05) is 0 Å². The quantitative estimate of drug-likeness (QED) is 0.670. The lowest BCUT2D eigenvalue weighted by molar-refractivity contribution is -0.125. The SMILES string of the molecule is COCC(C)NC(=O)COC(=O)c1cc(S(N)(=O)=O)ccc1Cl. The molecule has 0 aliphatic heterocycles. The van der Waals surface area contributed by atoms with Crippen molar-refractivity contribution in [2.24, 2.45) is 5.14 Å². The Labute approximate surface area is 138 Å². The summed E-state index contributed by atoms with van der Waals surface area (Å²) in [6.45, 7) is 1.49. The Bertz CT molecular complexity index is 692. The van der Waals surface area contributed by atoms with Gasteiger partial charge in [0, 0.05) is 13.2 Å². The molecular weight excluding hydrogens is 348 g/mol. The van der Waals surface area contributed by atoms with E-state index in [1.165, 1.54) is 13.2 Å². The monoisotopic (exact) mass is 364 g/mol. The fourth-order valence-electron chi connectivity index (χ4n) is 1.65. The Hall–Kier alpha value is -1.68. The zero-order valence-corrected chi connectivity index (χ0v) is 14.1. The lowest BCUT2D eigenvalue weighted by atomic mass is 10.2. The van der Waals surface area contributed by atoms with Crippen LogP contribution in [-0.4, -0.2) is 46.7 Å². The number of esters is 1. The van der Waals surface area contributed by atoms with Gasteiger partial charge < -0.3 is 14.8 Å². The number of methoxy groups -OCH3 is 1. The summed E-state index contributed by atoms with van der Waals surface area (Å²) in [7, 11) is -2.50. The van der Waals surface area contributed by atoms with Crippen LogP contribution >= 0.6 is 11.6 Å². The number of nitrogens with one attached hydrogen (secondary N) is 1. The van der Waals surface area contributed by atoms with Crippen LogP contribution in [0.5, 0.6) is 0 Å². The molecule has 0 saturated heterocycles. The maximum absolute atomic E-state index is 11.9. The third-order valence-corrected chi connectivity index (χ3v) is 3.89. The molecule has 1 rings (SSSR count). The Balaban J connectivity index is 2.73. The van der Waals surface area contributed by atoms with Gasteiger partial charge >= 0.3 is 5.97 Å². The molecule has 1 aromatic rings. The van der Waals surface area contributed by atoms with Crippen molar-refractivity contribution >= 4 is 33.5 Å². The third-order valence-electron chi connectivity index (χ3n) is 2.64. The molecule has 0 aromatic heterocycles. The van der Waals surface area contributed by atoms with Gasteiger partial charge in [0.25, 0.3) is 5.91 Å². The second kappa shape index (κ2) is 8.25. The van der Waals surface area contributed by atoms with Gasteiger partial charge in [0.05, 0.1) is 22.1 Å². The van der Waals surface area contributed by atoms with E-state index in [-0.39, 0.29) is 21.5 Å². The van der Waals surface area contributed by atoms with Crippen molar-refractivity contribution in [2.45, 2.75) is 17.9 Å². The minimum absolute atomic E-state index is 0.0180. The largest absolute Gasteiger partial charge is 0.452 e. The predicted octanol–water partition coefficient (Wildman–Crippen LogP) is 0.295. The first-order chi connectivity index (χ1) is 10.6. The number of carbonyl (C=O) groups excluding carboxylic acids is 2. The van der Waals surface area contributed by atoms with Crippen molar-refractivity contribution in [2.75, 3.05) is 20.3 Å². The molecule has 0 radical (unpaired) electrons. The number of nitrogens with two attached hydrogens (primary N) is 1. The highest BCUT2D eigenvalue weighted by Gasteiger charge is 2.18. The van der Waals surface area contributed by atoms with Gasteiger partial charge in [-0.15, -0.1) is 0 Å². The van der Waals surface area contributed by atoms with Crippen LogP contribution in [0.4, 0.5) is 0 Å².